The van der Waals surface area contributed by atoms with E-state index in [1.807, 2.05) is 20.0 Å². The molecule has 1 aliphatic rings. The van der Waals surface area contributed by atoms with E-state index in [4.69, 9.17) is 4.74 Å². The van der Waals surface area contributed by atoms with Gasteiger partial charge in [0.1, 0.15) is 11.6 Å². The van der Waals surface area contributed by atoms with Crippen LogP contribution in [0.4, 0.5) is 5.82 Å². The summed E-state index contributed by atoms with van der Waals surface area (Å²) in [5.41, 5.74) is 0. The van der Waals surface area contributed by atoms with Crippen LogP contribution in [0.25, 0.3) is 0 Å². The van der Waals surface area contributed by atoms with Crippen molar-refractivity contribution in [2.24, 2.45) is 5.92 Å². The minimum Gasteiger partial charge on any atom is -0.481 e. The second-order valence-corrected chi connectivity index (χ2v) is 4.80. The fourth-order valence-electron chi connectivity index (χ4n) is 2.45. The number of piperidine rings is 1. The Morgan fingerprint density at radius 1 is 1.39 bits per heavy atom. The number of rotatable bonds is 4. The van der Waals surface area contributed by atoms with Gasteiger partial charge in [0.25, 0.3) is 0 Å². The van der Waals surface area contributed by atoms with Crippen molar-refractivity contribution in [3.05, 3.63) is 11.9 Å². The van der Waals surface area contributed by atoms with Gasteiger partial charge in [-0.3, -0.25) is 0 Å². The summed E-state index contributed by atoms with van der Waals surface area (Å²) in [6, 6.07) is 1.92. The Hall–Kier alpha value is -1.36. The molecule has 2 rings (SSSR count). The van der Waals surface area contributed by atoms with Gasteiger partial charge in [0.05, 0.1) is 7.11 Å². The molecule has 1 N–H and O–H groups in total. The van der Waals surface area contributed by atoms with Crippen molar-refractivity contribution in [2.75, 3.05) is 38.7 Å². The first-order valence-electron chi connectivity index (χ1n) is 6.52. The Labute approximate surface area is 109 Å². The highest BCUT2D eigenvalue weighted by Gasteiger charge is 2.20. The molecule has 0 unspecified atom stereocenters. The van der Waals surface area contributed by atoms with Crippen LogP contribution in [0.1, 0.15) is 18.7 Å². The number of nitrogens with one attached hydrogen (secondary N) is 1. The monoisotopic (exact) mass is 250 g/mol. The lowest BCUT2D eigenvalue weighted by Gasteiger charge is -2.32. The number of hydrogen-bond acceptors (Lipinski definition) is 5. The first-order valence-corrected chi connectivity index (χ1v) is 6.52. The third kappa shape index (κ3) is 3.10. The molecule has 0 radical (unpaired) electrons. The van der Waals surface area contributed by atoms with Gasteiger partial charge in [-0.1, -0.05) is 0 Å². The number of hydrogen-bond donors (Lipinski definition) is 1. The third-order valence-electron chi connectivity index (χ3n) is 3.44. The van der Waals surface area contributed by atoms with E-state index >= 15 is 0 Å². The van der Waals surface area contributed by atoms with E-state index in [-0.39, 0.29) is 0 Å². The number of methoxy groups -OCH3 is 1. The predicted molar refractivity (Wildman–Crippen MR) is 72.2 cm³/mol. The highest BCUT2D eigenvalue weighted by Crippen LogP contribution is 2.23. The molecule has 100 valence electrons. The van der Waals surface area contributed by atoms with Crippen LogP contribution in [-0.4, -0.2) is 43.8 Å². The zero-order valence-electron chi connectivity index (χ0n) is 11.4. The Kier molecular flexibility index (Phi) is 4.36. The van der Waals surface area contributed by atoms with E-state index in [1.54, 1.807) is 7.11 Å². The number of anilines is 1. The van der Waals surface area contributed by atoms with E-state index in [9.17, 15) is 0 Å². The molecule has 18 heavy (non-hydrogen) atoms. The molecule has 0 saturated carbocycles. The SMILES string of the molecule is CNCC1CCN(c2cc(OC)nc(C)n2)CC1. The molecule has 1 saturated heterocycles. The van der Waals surface area contributed by atoms with Crippen molar-refractivity contribution >= 4 is 5.82 Å². The maximum Gasteiger partial charge on any atom is 0.218 e. The highest BCUT2D eigenvalue weighted by molar-refractivity contribution is 5.42. The predicted octanol–water partition coefficient (Wildman–Crippen LogP) is 1.23. The molecular weight excluding hydrogens is 228 g/mol. The fourth-order valence-corrected chi connectivity index (χ4v) is 2.45. The van der Waals surface area contributed by atoms with E-state index in [0.29, 0.717) is 5.88 Å². The third-order valence-corrected chi connectivity index (χ3v) is 3.44. The Morgan fingerprint density at radius 3 is 2.72 bits per heavy atom. The van der Waals surface area contributed by atoms with E-state index in [1.165, 1.54) is 12.8 Å². The number of nitrogens with zero attached hydrogens (tertiary/aromatic N) is 3. The van der Waals surface area contributed by atoms with E-state index in [2.05, 4.69) is 20.2 Å². The summed E-state index contributed by atoms with van der Waals surface area (Å²) in [6.45, 7) is 5.14. The average Bonchev–Trinajstić information content (AvgIpc) is 2.39. The van der Waals surface area contributed by atoms with Crippen LogP contribution in [0.15, 0.2) is 6.07 Å². The van der Waals surface area contributed by atoms with Crippen molar-refractivity contribution in [1.82, 2.24) is 15.3 Å². The first kappa shape index (κ1) is 13.1. The molecule has 1 aliphatic heterocycles. The molecular formula is C13H22N4O. The van der Waals surface area contributed by atoms with Crippen LogP contribution >= 0.6 is 0 Å². The largest absolute Gasteiger partial charge is 0.481 e. The van der Waals surface area contributed by atoms with Crippen LogP contribution in [0.2, 0.25) is 0 Å². The summed E-state index contributed by atoms with van der Waals surface area (Å²) < 4.78 is 5.20. The van der Waals surface area contributed by atoms with Crippen molar-refractivity contribution in [3.63, 3.8) is 0 Å². The summed E-state index contributed by atoms with van der Waals surface area (Å²) in [5.74, 6) is 3.19. The molecule has 1 aromatic heterocycles. The van der Waals surface area contributed by atoms with E-state index < -0.39 is 0 Å². The van der Waals surface area contributed by atoms with Gasteiger partial charge in [0.15, 0.2) is 0 Å². The molecule has 1 aromatic rings. The van der Waals surface area contributed by atoms with Crippen LogP contribution in [0.3, 0.4) is 0 Å². The van der Waals surface area contributed by atoms with Crippen molar-refractivity contribution in [1.29, 1.82) is 0 Å². The summed E-state index contributed by atoms with van der Waals surface area (Å²) in [5, 5.41) is 3.26. The Balaban J connectivity index is 2.02. The smallest absolute Gasteiger partial charge is 0.218 e. The van der Waals surface area contributed by atoms with Gasteiger partial charge in [-0.15, -0.1) is 0 Å². The van der Waals surface area contributed by atoms with Gasteiger partial charge >= 0.3 is 0 Å². The summed E-state index contributed by atoms with van der Waals surface area (Å²) >= 11 is 0. The molecule has 5 nitrogen and oxygen atoms in total. The zero-order valence-corrected chi connectivity index (χ0v) is 11.4. The fraction of sp³-hybridized carbons (Fsp3) is 0.692. The topological polar surface area (TPSA) is 50.3 Å². The standard InChI is InChI=1S/C13H22N4O/c1-10-15-12(8-13(16-10)18-3)17-6-4-11(5-7-17)9-14-2/h8,11,14H,4-7,9H2,1-3H3. The quantitative estimate of drug-likeness (QED) is 0.871. The zero-order chi connectivity index (χ0) is 13.0. The maximum atomic E-state index is 5.20. The van der Waals surface area contributed by atoms with Gasteiger partial charge < -0.3 is 15.0 Å². The lowest BCUT2D eigenvalue weighted by atomic mass is 9.97. The van der Waals surface area contributed by atoms with Gasteiger partial charge in [-0.2, -0.15) is 4.98 Å². The normalized spacial score (nSPS) is 16.9. The second-order valence-electron chi connectivity index (χ2n) is 4.80. The van der Waals surface area contributed by atoms with Gasteiger partial charge in [-0.25, -0.2) is 4.98 Å². The van der Waals surface area contributed by atoms with Gasteiger partial charge in [-0.05, 0) is 39.3 Å². The number of ether oxygens (including phenoxy) is 1. The highest BCUT2D eigenvalue weighted by atomic mass is 16.5. The molecule has 0 aliphatic carbocycles. The average molecular weight is 250 g/mol. The maximum absolute atomic E-state index is 5.20. The number of aromatic nitrogens is 2. The van der Waals surface area contributed by atoms with Crippen LogP contribution in [0, 0.1) is 12.8 Å². The van der Waals surface area contributed by atoms with Crippen molar-refractivity contribution < 1.29 is 4.74 Å². The van der Waals surface area contributed by atoms with Crippen molar-refractivity contribution in [3.8, 4) is 5.88 Å². The second kappa shape index (κ2) is 6.00. The van der Waals surface area contributed by atoms with Crippen molar-refractivity contribution in [2.45, 2.75) is 19.8 Å². The first-order chi connectivity index (χ1) is 8.72. The van der Waals surface area contributed by atoms with Gasteiger partial charge in [0, 0.05) is 19.2 Å². The molecule has 0 aromatic carbocycles. The molecule has 2 heterocycles. The molecule has 5 heteroatoms. The molecule has 0 amide bonds. The number of aryl methyl sites for hydroxylation is 1. The summed E-state index contributed by atoms with van der Waals surface area (Å²) in [7, 11) is 3.66. The Morgan fingerprint density at radius 2 is 2.11 bits per heavy atom. The Bertz CT molecular complexity index is 389. The minimum atomic E-state index is 0.648. The molecule has 0 bridgehead atoms. The summed E-state index contributed by atoms with van der Waals surface area (Å²) in [4.78, 5) is 11.0. The lowest BCUT2D eigenvalue weighted by molar-refractivity contribution is 0.386. The lowest BCUT2D eigenvalue weighted by Crippen LogP contribution is -2.37. The summed E-state index contributed by atoms with van der Waals surface area (Å²) in [6.07, 6.45) is 2.43. The van der Waals surface area contributed by atoms with Crippen LogP contribution in [-0.2, 0) is 0 Å². The molecule has 0 spiro atoms. The van der Waals surface area contributed by atoms with Crippen LogP contribution < -0.4 is 15.0 Å². The molecule has 0 atom stereocenters. The molecule has 1 fully saturated rings. The van der Waals surface area contributed by atoms with Gasteiger partial charge in [0.2, 0.25) is 5.88 Å². The van der Waals surface area contributed by atoms with E-state index in [0.717, 1.165) is 37.2 Å². The minimum absolute atomic E-state index is 0.648. The van der Waals surface area contributed by atoms with Crippen LogP contribution in [0.5, 0.6) is 5.88 Å².